The van der Waals surface area contributed by atoms with Gasteiger partial charge in [-0.05, 0) is 66.3 Å². The zero-order valence-electron chi connectivity index (χ0n) is 15.9. The zero-order valence-corrected chi connectivity index (χ0v) is 15.9. The van der Waals surface area contributed by atoms with Gasteiger partial charge in [-0.3, -0.25) is 9.78 Å². The molecule has 0 aliphatic heterocycles. The minimum Gasteiger partial charge on any atom is -0.334 e. The molecule has 6 heteroatoms. The lowest BCUT2D eigenvalue weighted by atomic mass is 10.1. The molecule has 1 aromatic heterocycles. The Morgan fingerprint density at radius 2 is 1.66 bits per heavy atom. The Bertz CT molecular complexity index is 999. The number of carbonyl (C=O) groups excluding carboxylic acids is 2. The van der Waals surface area contributed by atoms with E-state index in [0.29, 0.717) is 23.7 Å². The first-order valence-corrected chi connectivity index (χ1v) is 9.62. The molecule has 0 unspecified atom stereocenters. The van der Waals surface area contributed by atoms with Crippen LogP contribution >= 0.6 is 0 Å². The van der Waals surface area contributed by atoms with Gasteiger partial charge in [-0.2, -0.15) is 0 Å². The van der Waals surface area contributed by atoms with Crippen molar-refractivity contribution >= 4 is 23.3 Å². The molecule has 3 aromatic rings. The molecule has 0 atom stereocenters. The molecular formula is C23H22N4O2. The van der Waals surface area contributed by atoms with Gasteiger partial charge in [0.1, 0.15) is 0 Å². The lowest BCUT2D eigenvalue weighted by molar-refractivity contribution is 0.102. The van der Waals surface area contributed by atoms with E-state index in [4.69, 9.17) is 0 Å². The highest BCUT2D eigenvalue weighted by molar-refractivity contribution is 6.04. The highest BCUT2D eigenvalue weighted by Crippen LogP contribution is 2.40. The number of pyridine rings is 1. The van der Waals surface area contributed by atoms with Crippen molar-refractivity contribution in [3.63, 3.8) is 0 Å². The second kappa shape index (κ2) is 8.56. The number of urea groups is 1. The Kier molecular flexibility index (Phi) is 5.52. The van der Waals surface area contributed by atoms with Crippen LogP contribution in [0.5, 0.6) is 0 Å². The highest BCUT2D eigenvalue weighted by atomic mass is 16.2. The molecule has 1 fully saturated rings. The quantitative estimate of drug-likeness (QED) is 0.582. The zero-order chi connectivity index (χ0) is 20.1. The Balaban J connectivity index is 1.29. The van der Waals surface area contributed by atoms with Crippen molar-refractivity contribution in [1.82, 2.24) is 10.3 Å². The van der Waals surface area contributed by atoms with Crippen molar-refractivity contribution in [3.05, 3.63) is 89.7 Å². The van der Waals surface area contributed by atoms with E-state index < -0.39 is 0 Å². The Hall–Kier alpha value is -3.67. The van der Waals surface area contributed by atoms with Crippen molar-refractivity contribution in [1.29, 1.82) is 0 Å². The smallest absolute Gasteiger partial charge is 0.319 e. The number of hydrogen-bond acceptors (Lipinski definition) is 3. The van der Waals surface area contributed by atoms with Crippen LogP contribution in [0, 0.1) is 0 Å². The van der Waals surface area contributed by atoms with Crippen LogP contribution in [-0.2, 0) is 6.54 Å². The van der Waals surface area contributed by atoms with Gasteiger partial charge in [-0.25, -0.2) is 4.79 Å². The standard InChI is InChI=1S/C23H22N4O2/c28-22(19-10-12-24-13-11-19)26-21-3-1-2-16(14-21)15-25-23(29)27-20-8-6-18(7-9-20)17-4-5-17/h1-3,6-14,17H,4-5,15H2,(H,26,28)(H2,25,27,29). The molecule has 3 amide bonds. The van der Waals surface area contributed by atoms with Crippen LogP contribution in [0.3, 0.4) is 0 Å². The summed E-state index contributed by atoms with van der Waals surface area (Å²) in [5.41, 5.74) is 4.20. The van der Waals surface area contributed by atoms with E-state index in [0.717, 1.165) is 11.3 Å². The first-order valence-electron chi connectivity index (χ1n) is 9.62. The number of rotatable bonds is 6. The number of amides is 3. The SMILES string of the molecule is O=C(NCc1cccc(NC(=O)c2ccncc2)c1)Nc1ccc(C2CC2)cc1. The van der Waals surface area contributed by atoms with Gasteiger partial charge in [0.05, 0.1) is 0 Å². The van der Waals surface area contributed by atoms with E-state index in [1.807, 2.05) is 36.4 Å². The van der Waals surface area contributed by atoms with E-state index in [2.05, 4.69) is 33.1 Å². The second-order valence-corrected chi connectivity index (χ2v) is 7.09. The number of aromatic nitrogens is 1. The van der Waals surface area contributed by atoms with Gasteiger partial charge < -0.3 is 16.0 Å². The van der Waals surface area contributed by atoms with Gasteiger partial charge in [0.2, 0.25) is 0 Å². The monoisotopic (exact) mass is 386 g/mol. The molecule has 0 saturated heterocycles. The summed E-state index contributed by atoms with van der Waals surface area (Å²) < 4.78 is 0. The lowest BCUT2D eigenvalue weighted by Crippen LogP contribution is -2.28. The van der Waals surface area contributed by atoms with Crippen molar-refractivity contribution in [2.24, 2.45) is 0 Å². The number of benzene rings is 2. The third-order valence-electron chi connectivity index (χ3n) is 4.80. The molecule has 1 heterocycles. The molecule has 4 rings (SSSR count). The van der Waals surface area contributed by atoms with E-state index in [-0.39, 0.29) is 11.9 Å². The predicted molar refractivity (Wildman–Crippen MR) is 113 cm³/mol. The van der Waals surface area contributed by atoms with Crippen LogP contribution in [0.1, 0.15) is 40.2 Å². The first kappa shape index (κ1) is 18.7. The fraction of sp³-hybridized carbons (Fsp3) is 0.174. The molecule has 2 aromatic carbocycles. The van der Waals surface area contributed by atoms with Crippen LogP contribution in [0.15, 0.2) is 73.1 Å². The summed E-state index contributed by atoms with van der Waals surface area (Å²) in [6.45, 7) is 0.352. The van der Waals surface area contributed by atoms with Crippen LogP contribution in [0.2, 0.25) is 0 Å². The first-order chi connectivity index (χ1) is 14.2. The van der Waals surface area contributed by atoms with E-state index >= 15 is 0 Å². The maximum absolute atomic E-state index is 12.2. The summed E-state index contributed by atoms with van der Waals surface area (Å²) in [4.78, 5) is 28.3. The van der Waals surface area contributed by atoms with Crippen molar-refractivity contribution in [2.75, 3.05) is 10.6 Å². The summed E-state index contributed by atoms with van der Waals surface area (Å²) >= 11 is 0. The maximum atomic E-state index is 12.2. The Morgan fingerprint density at radius 3 is 2.38 bits per heavy atom. The molecular weight excluding hydrogens is 364 g/mol. The average molecular weight is 386 g/mol. The van der Waals surface area contributed by atoms with Gasteiger partial charge >= 0.3 is 6.03 Å². The van der Waals surface area contributed by atoms with Crippen LogP contribution in [0.25, 0.3) is 0 Å². The Morgan fingerprint density at radius 1 is 0.897 bits per heavy atom. The molecule has 0 bridgehead atoms. The summed E-state index contributed by atoms with van der Waals surface area (Å²) in [6, 6.07) is 18.4. The molecule has 1 aliphatic carbocycles. The molecule has 6 nitrogen and oxygen atoms in total. The molecule has 1 aliphatic rings. The molecule has 3 N–H and O–H groups in total. The van der Waals surface area contributed by atoms with Crippen LogP contribution in [0.4, 0.5) is 16.2 Å². The van der Waals surface area contributed by atoms with E-state index in [1.54, 1.807) is 24.5 Å². The summed E-state index contributed by atoms with van der Waals surface area (Å²) in [6.07, 6.45) is 5.67. The van der Waals surface area contributed by atoms with Crippen molar-refractivity contribution in [2.45, 2.75) is 25.3 Å². The fourth-order valence-corrected chi connectivity index (χ4v) is 3.08. The number of carbonyl (C=O) groups is 2. The molecule has 29 heavy (non-hydrogen) atoms. The van der Waals surface area contributed by atoms with Crippen molar-refractivity contribution < 1.29 is 9.59 Å². The van der Waals surface area contributed by atoms with Gasteiger partial charge in [-0.15, -0.1) is 0 Å². The molecule has 0 radical (unpaired) electrons. The third-order valence-corrected chi connectivity index (χ3v) is 4.80. The third kappa shape index (κ3) is 5.19. The molecule has 146 valence electrons. The maximum Gasteiger partial charge on any atom is 0.319 e. The minimum atomic E-state index is -0.268. The largest absolute Gasteiger partial charge is 0.334 e. The van der Waals surface area contributed by atoms with Crippen LogP contribution < -0.4 is 16.0 Å². The summed E-state index contributed by atoms with van der Waals surface area (Å²) in [7, 11) is 0. The number of hydrogen-bond donors (Lipinski definition) is 3. The number of nitrogens with zero attached hydrogens (tertiary/aromatic N) is 1. The second-order valence-electron chi connectivity index (χ2n) is 7.09. The highest BCUT2D eigenvalue weighted by Gasteiger charge is 2.22. The van der Waals surface area contributed by atoms with Gasteiger partial charge in [0.25, 0.3) is 5.91 Å². The normalized spacial score (nSPS) is 12.8. The van der Waals surface area contributed by atoms with Gasteiger partial charge in [0.15, 0.2) is 0 Å². The van der Waals surface area contributed by atoms with Crippen molar-refractivity contribution in [3.8, 4) is 0 Å². The lowest BCUT2D eigenvalue weighted by Gasteiger charge is -2.10. The van der Waals surface area contributed by atoms with E-state index in [1.165, 1.54) is 18.4 Å². The Labute approximate surface area is 169 Å². The summed E-state index contributed by atoms with van der Waals surface area (Å²) in [5, 5.41) is 8.53. The van der Waals surface area contributed by atoms with E-state index in [9.17, 15) is 9.59 Å². The topological polar surface area (TPSA) is 83.1 Å². The predicted octanol–water partition coefficient (Wildman–Crippen LogP) is 4.53. The van der Waals surface area contributed by atoms with Gasteiger partial charge in [0, 0.05) is 35.9 Å². The van der Waals surface area contributed by atoms with Crippen LogP contribution in [-0.4, -0.2) is 16.9 Å². The number of nitrogens with one attached hydrogen (secondary N) is 3. The minimum absolute atomic E-state index is 0.204. The average Bonchev–Trinajstić information content (AvgIpc) is 3.59. The fourth-order valence-electron chi connectivity index (χ4n) is 3.08. The van der Waals surface area contributed by atoms with Gasteiger partial charge in [-0.1, -0.05) is 24.3 Å². The number of anilines is 2. The molecule has 0 spiro atoms. The molecule has 1 saturated carbocycles. The summed E-state index contributed by atoms with van der Waals surface area (Å²) in [5.74, 6) is 0.495.